The van der Waals surface area contributed by atoms with Crippen molar-refractivity contribution in [3.63, 3.8) is 0 Å². The first-order valence-corrected chi connectivity index (χ1v) is 9.35. The highest BCUT2D eigenvalue weighted by atomic mass is 32.2. The third-order valence-electron chi connectivity index (χ3n) is 5.38. The number of likely N-dealkylation sites (N-methyl/N-ethyl adjacent to an activating group) is 1. The van der Waals surface area contributed by atoms with Gasteiger partial charge in [-0.3, -0.25) is 0 Å². The molecular weight excluding hydrogens is 359 g/mol. The summed E-state index contributed by atoms with van der Waals surface area (Å²) in [5.74, 6) is 0.758. The largest absolute Gasteiger partial charge is 0.511 e. The maximum Gasteiger partial charge on any atom is 0.511 e. The van der Waals surface area contributed by atoms with E-state index in [9.17, 15) is 21.6 Å². The van der Waals surface area contributed by atoms with Gasteiger partial charge in [0.2, 0.25) is 0 Å². The summed E-state index contributed by atoms with van der Waals surface area (Å²) in [5.41, 5.74) is -4.96. The van der Waals surface area contributed by atoms with E-state index in [-0.39, 0.29) is 19.1 Å². The number of halogens is 3. The van der Waals surface area contributed by atoms with Gasteiger partial charge < -0.3 is 15.2 Å². The number of rotatable bonds is 3. The molecule has 7 nitrogen and oxygen atoms in total. The lowest BCUT2D eigenvalue weighted by Gasteiger charge is -2.33. The van der Waals surface area contributed by atoms with Crippen molar-refractivity contribution in [3.05, 3.63) is 23.0 Å². The lowest BCUT2D eigenvalue weighted by atomic mass is 9.99. The number of aromatic nitrogens is 1. The second kappa shape index (κ2) is 5.13. The highest BCUT2D eigenvalue weighted by Gasteiger charge is 2.62. The van der Waals surface area contributed by atoms with Crippen molar-refractivity contribution < 1.29 is 21.6 Å². The lowest BCUT2D eigenvalue weighted by molar-refractivity contribution is -0.0484. The topological polar surface area (TPSA) is 80.8 Å². The normalized spacial score (nSPS) is 25.4. The molecule has 3 heterocycles. The first-order chi connectivity index (χ1) is 11.7. The first kappa shape index (κ1) is 16.7. The van der Waals surface area contributed by atoms with Gasteiger partial charge in [-0.1, -0.05) is 0 Å². The van der Waals surface area contributed by atoms with Crippen LogP contribution in [0.15, 0.2) is 17.3 Å². The molecule has 138 valence electrons. The smallest absolute Gasteiger partial charge is 0.356 e. The summed E-state index contributed by atoms with van der Waals surface area (Å²) < 4.78 is 63.0. The van der Waals surface area contributed by atoms with Gasteiger partial charge >= 0.3 is 15.5 Å². The molecule has 3 aliphatic rings. The number of fused-ring (bicyclic) bond motifs is 1. The van der Waals surface area contributed by atoms with Crippen LogP contribution in [-0.4, -0.2) is 61.0 Å². The maximum atomic E-state index is 12.9. The Bertz CT molecular complexity index is 919. The van der Waals surface area contributed by atoms with Crippen LogP contribution in [0.3, 0.4) is 0 Å². The molecule has 1 atom stereocenters. The fourth-order valence-corrected chi connectivity index (χ4v) is 4.92. The second-order valence-corrected chi connectivity index (χ2v) is 8.74. The van der Waals surface area contributed by atoms with Gasteiger partial charge in [-0.05, 0) is 18.9 Å². The highest BCUT2D eigenvalue weighted by molar-refractivity contribution is 7.90. The van der Waals surface area contributed by atoms with Crippen LogP contribution in [0.5, 0.6) is 0 Å². The molecular formula is C14H18F3N5O2S. The number of hydrogen-bond donors (Lipinski definition) is 2. The molecule has 2 fully saturated rings. The fraction of sp³-hybridized carbons (Fsp3) is 0.643. The molecule has 1 saturated heterocycles. The van der Waals surface area contributed by atoms with Crippen LogP contribution in [0.4, 0.5) is 13.2 Å². The Morgan fingerprint density at radius 1 is 1.40 bits per heavy atom. The van der Waals surface area contributed by atoms with Crippen molar-refractivity contribution in [2.45, 2.75) is 24.4 Å². The number of H-pyrrole nitrogens is 1. The van der Waals surface area contributed by atoms with Crippen molar-refractivity contribution in [2.24, 2.45) is 10.4 Å². The lowest BCUT2D eigenvalue weighted by Crippen LogP contribution is -2.49. The number of sulfonamides is 1. The summed E-state index contributed by atoms with van der Waals surface area (Å²) in [6.45, 7) is 0.111. The molecule has 0 bridgehead atoms. The number of alkyl halides is 3. The summed E-state index contributed by atoms with van der Waals surface area (Å²) in [6, 6.07) is 1.53. The van der Waals surface area contributed by atoms with E-state index in [1.165, 1.54) is 0 Å². The minimum atomic E-state index is -5.30. The molecule has 2 aliphatic heterocycles. The van der Waals surface area contributed by atoms with Crippen LogP contribution in [0.1, 0.15) is 12.8 Å². The molecule has 0 aromatic carbocycles. The van der Waals surface area contributed by atoms with Crippen molar-refractivity contribution in [2.75, 3.05) is 26.8 Å². The standard InChI is InChI=1S/C14H18F3N5O2S/c1-21(12-9-2-5-18-11(9)19-8-20-12)10-6-22(7-13(10)3-4-13)25(23,24)14(15,16)17/h2,5,10,20H,3-4,6-8H2,1H3,(H,18,19)/t10-/m0/s1. The molecule has 0 amide bonds. The van der Waals surface area contributed by atoms with Crippen LogP contribution in [0.25, 0.3) is 5.82 Å². The SMILES string of the molecule is CN(C1=c2cc[nH]c2=NCN1)[C@H]1CN(S(=O)(=O)C(F)(F)F)CC12CC2. The number of aromatic amines is 1. The zero-order valence-electron chi connectivity index (χ0n) is 13.5. The fourth-order valence-electron chi connectivity index (χ4n) is 3.86. The molecule has 0 unspecified atom stereocenters. The zero-order valence-corrected chi connectivity index (χ0v) is 14.3. The molecule has 1 saturated carbocycles. The van der Waals surface area contributed by atoms with E-state index >= 15 is 0 Å². The summed E-state index contributed by atoms with van der Waals surface area (Å²) in [6.07, 6.45) is 3.20. The average Bonchev–Trinajstić information content (AvgIpc) is 2.97. The van der Waals surface area contributed by atoms with Crippen LogP contribution < -0.4 is 16.0 Å². The quantitative estimate of drug-likeness (QED) is 0.745. The van der Waals surface area contributed by atoms with Gasteiger partial charge in [0, 0.05) is 31.7 Å². The van der Waals surface area contributed by atoms with Crippen LogP contribution in [-0.2, 0) is 10.0 Å². The average molecular weight is 377 g/mol. The van der Waals surface area contributed by atoms with Crippen molar-refractivity contribution in [1.82, 2.24) is 19.5 Å². The Kier molecular flexibility index (Phi) is 3.43. The van der Waals surface area contributed by atoms with Crippen LogP contribution in [0, 0.1) is 5.41 Å². The molecule has 2 N–H and O–H groups in total. The van der Waals surface area contributed by atoms with E-state index in [0.29, 0.717) is 16.5 Å². The van der Waals surface area contributed by atoms with Crippen LogP contribution >= 0.6 is 0 Å². The van der Waals surface area contributed by atoms with E-state index in [2.05, 4.69) is 15.3 Å². The minimum Gasteiger partial charge on any atom is -0.356 e. The van der Waals surface area contributed by atoms with Crippen molar-refractivity contribution >= 4 is 15.8 Å². The molecule has 1 aromatic heterocycles. The second-order valence-electron chi connectivity index (χ2n) is 6.81. The first-order valence-electron chi connectivity index (χ1n) is 7.91. The third kappa shape index (κ3) is 2.43. The zero-order chi connectivity index (χ0) is 18.0. The predicted molar refractivity (Wildman–Crippen MR) is 82.8 cm³/mol. The van der Waals surface area contributed by atoms with Crippen molar-refractivity contribution in [1.29, 1.82) is 0 Å². The van der Waals surface area contributed by atoms with E-state index in [0.717, 1.165) is 23.9 Å². The van der Waals surface area contributed by atoms with Gasteiger partial charge in [-0.15, -0.1) is 0 Å². The summed E-state index contributed by atoms with van der Waals surface area (Å²) in [7, 11) is -3.51. The van der Waals surface area contributed by atoms with Gasteiger partial charge in [-0.2, -0.15) is 17.5 Å². The Morgan fingerprint density at radius 2 is 2.12 bits per heavy atom. The molecule has 11 heteroatoms. The predicted octanol–water partition coefficient (Wildman–Crippen LogP) is -0.493. The van der Waals surface area contributed by atoms with E-state index < -0.39 is 20.9 Å². The van der Waals surface area contributed by atoms with Gasteiger partial charge in [-0.25, -0.2) is 13.4 Å². The Balaban J connectivity index is 1.68. The molecule has 1 spiro atoms. The molecule has 4 rings (SSSR count). The van der Waals surface area contributed by atoms with E-state index in [4.69, 9.17) is 0 Å². The molecule has 25 heavy (non-hydrogen) atoms. The number of nitrogens with one attached hydrogen (secondary N) is 2. The van der Waals surface area contributed by atoms with Gasteiger partial charge in [0.1, 0.15) is 18.0 Å². The Hall–Kier alpha value is -1.75. The van der Waals surface area contributed by atoms with Crippen molar-refractivity contribution in [3.8, 4) is 0 Å². The summed E-state index contributed by atoms with van der Waals surface area (Å²) in [4.78, 5) is 9.17. The van der Waals surface area contributed by atoms with Gasteiger partial charge in [0.15, 0.2) is 0 Å². The number of nitrogens with zero attached hydrogens (tertiary/aromatic N) is 3. The summed E-state index contributed by atoms with van der Waals surface area (Å²) in [5, 5.41) is 3.99. The maximum absolute atomic E-state index is 12.9. The Morgan fingerprint density at radius 3 is 2.76 bits per heavy atom. The van der Waals surface area contributed by atoms with E-state index in [1.807, 2.05) is 11.0 Å². The van der Waals surface area contributed by atoms with Gasteiger partial charge in [0.05, 0.1) is 11.3 Å². The molecule has 0 radical (unpaired) electrons. The van der Waals surface area contributed by atoms with E-state index in [1.54, 1.807) is 13.2 Å². The van der Waals surface area contributed by atoms with Crippen LogP contribution in [0.2, 0.25) is 0 Å². The molecule has 1 aromatic rings. The monoisotopic (exact) mass is 377 g/mol. The third-order valence-corrected chi connectivity index (χ3v) is 6.93. The number of hydrogen-bond acceptors (Lipinski definition) is 5. The minimum absolute atomic E-state index is 0.0818. The highest BCUT2D eigenvalue weighted by Crippen LogP contribution is 2.56. The Labute approximate surface area is 142 Å². The molecule has 1 aliphatic carbocycles. The van der Waals surface area contributed by atoms with Gasteiger partial charge in [0.25, 0.3) is 0 Å². The summed E-state index contributed by atoms with van der Waals surface area (Å²) >= 11 is 0.